The smallest absolute Gasteiger partial charge is 0.323 e. The van der Waals surface area contributed by atoms with Crippen LogP contribution in [0.15, 0.2) is 18.2 Å². The summed E-state index contributed by atoms with van der Waals surface area (Å²) in [5, 5.41) is 3.60. The first kappa shape index (κ1) is 16.2. The number of ether oxygens (including phenoxy) is 1. The summed E-state index contributed by atoms with van der Waals surface area (Å²) in [6.45, 7) is 6.25. The molecule has 1 aromatic carbocycles. The number of aromatic nitrogens is 1. The van der Waals surface area contributed by atoms with Crippen molar-refractivity contribution in [3.63, 3.8) is 0 Å². The Bertz CT molecular complexity index is 684. The minimum atomic E-state index is -0.0795. The first-order chi connectivity index (χ1) is 11.2. The topological polar surface area (TPSA) is 54.5 Å². The third kappa shape index (κ3) is 3.82. The highest BCUT2D eigenvalue weighted by Gasteiger charge is 2.24. The van der Waals surface area contributed by atoms with Crippen LogP contribution in [-0.4, -0.2) is 41.7 Å². The molecule has 0 radical (unpaired) electrons. The van der Waals surface area contributed by atoms with E-state index in [9.17, 15) is 4.79 Å². The van der Waals surface area contributed by atoms with Crippen molar-refractivity contribution in [2.24, 2.45) is 0 Å². The van der Waals surface area contributed by atoms with Crippen molar-refractivity contribution >= 4 is 32.7 Å². The summed E-state index contributed by atoms with van der Waals surface area (Å²) >= 11 is 1.53. The van der Waals surface area contributed by atoms with E-state index in [1.54, 1.807) is 0 Å². The molecule has 0 saturated carbocycles. The molecule has 1 aliphatic rings. The maximum Gasteiger partial charge on any atom is 0.323 e. The van der Waals surface area contributed by atoms with Gasteiger partial charge < -0.3 is 9.64 Å². The van der Waals surface area contributed by atoms with Crippen LogP contribution in [0.2, 0.25) is 0 Å². The molecule has 124 valence electrons. The molecule has 3 rings (SSSR count). The van der Waals surface area contributed by atoms with E-state index >= 15 is 0 Å². The number of carbonyl (C=O) groups excluding carboxylic acids is 1. The lowest BCUT2D eigenvalue weighted by molar-refractivity contribution is 0.0181. The highest BCUT2D eigenvalue weighted by Crippen LogP contribution is 2.27. The predicted molar refractivity (Wildman–Crippen MR) is 94.2 cm³/mol. The quantitative estimate of drug-likeness (QED) is 0.923. The summed E-state index contributed by atoms with van der Waals surface area (Å²) < 4.78 is 6.77. The van der Waals surface area contributed by atoms with Crippen LogP contribution in [0, 0.1) is 0 Å². The van der Waals surface area contributed by atoms with Crippen LogP contribution in [0.3, 0.4) is 0 Å². The summed E-state index contributed by atoms with van der Waals surface area (Å²) in [6.07, 6.45) is 3.17. The second kappa shape index (κ2) is 7.27. The lowest BCUT2D eigenvalue weighted by Crippen LogP contribution is -2.45. The Hall–Kier alpha value is -1.66. The van der Waals surface area contributed by atoms with Gasteiger partial charge in [0.05, 0.1) is 16.3 Å². The van der Waals surface area contributed by atoms with E-state index in [1.807, 2.05) is 17.9 Å². The van der Waals surface area contributed by atoms with Gasteiger partial charge in [0.1, 0.15) is 0 Å². The number of hydrogen-bond acceptors (Lipinski definition) is 4. The molecule has 0 aliphatic carbocycles. The normalized spacial score (nSPS) is 18.3. The molecule has 1 N–H and O–H groups in total. The minimum absolute atomic E-state index is 0.0795. The van der Waals surface area contributed by atoms with Gasteiger partial charge in [-0.3, -0.25) is 5.32 Å². The number of amides is 2. The fraction of sp³-hybridized carbons (Fsp3) is 0.529. The standard InChI is InChI=1S/C17H23N3O2S/c1-3-12-7-8-14-15(10-12)23-16(18-14)19-17(21)20-9-5-6-13(11-20)22-4-2/h7-8,10,13H,3-6,9,11H2,1-2H3,(H,18,19,21). The van der Waals surface area contributed by atoms with Gasteiger partial charge in [-0.25, -0.2) is 9.78 Å². The lowest BCUT2D eigenvalue weighted by Gasteiger charge is -2.32. The number of nitrogens with one attached hydrogen (secondary N) is 1. The lowest BCUT2D eigenvalue weighted by atomic mass is 10.1. The maximum atomic E-state index is 12.4. The Kier molecular flexibility index (Phi) is 5.13. The fourth-order valence-corrected chi connectivity index (χ4v) is 3.83. The average Bonchev–Trinajstić information content (AvgIpc) is 2.96. The van der Waals surface area contributed by atoms with Crippen LogP contribution in [0.5, 0.6) is 0 Å². The zero-order valence-corrected chi connectivity index (χ0v) is 14.5. The number of piperidine rings is 1. The molecule has 6 heteroatoms. The number of rotatable bonds is 4. The van der Waals surface area contributed by atoms with Gasteiger partial charge >= 0.3 is 6.03 Å². The van der Waals surface area contributed by atoms with Crippen molar-refractivity contribution < 1.29 is 9.53 Å². The molecule has 1 fully saturated rings. The van der Waals surface area contributed by atoms with Gasteiger partial charge in [-0.15, -0.1) is 0 Å². The SMILES string of the molecule is CCOC1CCCN(C(=O)Nc2nc3ccc(CC)cc3s2)C1. The van der Waals surface area contributed by atoms with Crippen molar-refractivity contribution in [1.29, 1.82) is 0 Å². The van der Waals surface area contributed by atoms with Crippen LogP contribution in [-0.2, 0) is 11.2 Å². The molecule has 23 heavy (non-hydrogen) atoms. The van der Waals surface area contributed by atoms with Gasteiger partial charge in [-0.1, -0.05) is 24.3 Å². The maximum absolute atomic E-state index is 12.4. The van der Waals surface area contributed by atoms with Crippen LogP contribution < -0.4 is 5.32 Å². The minimum Gasteiger partial charge on any atom is -0.377 e. The van der Waals surface area contributed by atoms with Crippen LogP contribution in [0.1, 0.15) is 32.3 Å². The van der Waals surface area contributed by atoms with Crippen LogP contribution >= 0.6 is 11.3 Å². The first-order valence-electron chi connectivity index (χ1n) is 8.26. The van der Waals surface area contributed by atoms with E-state index in [2.05, 4.69) is 29.4 Å². The summed E-state index contributed by atoms with van der Waals surface area (Å²) in [7, 11) is 0. The van der Waals surface area contributed by atoms with Crippen LogP contribution in [0.25, 0.3) is 10.2 Å². The Morgan fingerprint density at radius 2 is 2.35 bits per heavy atom. The largest absolute Gasteiger partial charge is 0.377 e. The number of hydrogen-bond donors (Lipinski definition) is 1. The molecule has 2 heterocycles. The Balaban J connectivity index is 1.67. The van der Waals surface area contributed by atoms with Gasteiger partial charge in [-0.05, 0) is 43.9 Å². The number of fused-ring (bicyclic) bond motifs is 1. The Morgan fingerprint density at radius 1 is 1.48 bits per heavy atom. The van der Waals surface area contributed by atoms with E-state index in [0.717, 1.165) is 36.0 Å². The highest BCUT2D eigenvalue weighted by molar-refractivity contribution is 7.22. The van der Waals surface area contributed by atoms with Gasteiger partial charge in [0, 0.05) is 19.7 Å². The van der Waals surface area contributed by atoms with E-state index in [-0.39, 0.29) is 12.1 Å². The van der Waals surface area contributed by atoms with E-state index < -0.39 is 0 Å². The van der Waals surface area contributed by atoms with Crippen LogP contribution in [0.4, 0.5) is 9.93 Å². The van der Waals surface area contributed by atoms with Gasteiger partial charge in [0.25, 0.3) is 0 Å². The Morgan fingerprint density at radius 3 is 3.13 bits per heavy atom. The Labute approximate surface area is 140 Å². The first-order valence-corrected chi connectivity index (χ1v) is 9.08. The van der Waals surface area contributed by atoms with Crippen molar-refractivity contribution in [3.8, 4) is 0 Å². The van der Waals surface area contributed by atoms with Gasteiger partial charge in [0.2, 0.25) is 0 Å². The van der Waals surface area contributed by atoms with E-state index in [0.29, 0.717) is 18.3 Å². The number of nitrogens with zero attached hydrogens (tertiary/aromatic N) is 2. The summed E-state index contributed by atoms with van der Waals surface area (Å²) in [4.78, 5) is 18.8. The molecule has 2 amide bonds. The van der Waals surface area contributed by atoms with Gasteiger partial charge in [0.15, 0.2) is 5.13 Å². The molecule has 1 atom stereocenters. The molecule has 1 unspecified atom stereocenters. The molecular weight excluding hydrogens is 310 g/mol. The highest BCUT2D eigenvalue weighted by atomic mass is 32.1. The summed E-state index contributed by atoms with van der Waals surface area (Å²) in [5.41, 5.74) is 2.22. The van der Waals surface area contributed by atoms with Gasteiger partial charge in [-0.2, -0.15) is 0 Å². The zero-order valence-electron chi connectivity index (χ0n) is 13.7. The number of carbonyl (C=O) groups is 1. The fourth-order valence-electron chi connectivity index (χ4n) is 2.91. The van der Waals surface area contributed by atoms with Crippen molar-refractivity contribution in [3.05, 3.63) is 23.8 Å². The number of benzene rings is 1. The number of aryl methyl sites for hydroxylation is 1. The summed E-state index contributed by atoms with van der Waals surface area (Å²) in [5.74, 6) is 0. The third-order valence-corrected chi connectivity index (χ3v) is 5.08. The van der Waals surface area contributed by atoms with Crippen molar-refractivity contribution in [1.82, 2.24) is 9.88 Å². The zero-order chi connectivity index (χ0) is 16.2. The average molecular weight is 333 g/mol. The molecule has 1 aliphatic heterocycles. The predicted octanol–water partition coefficient (Wildman–Crippen LogP) is 3.89. The number of likely N-dealkylation sites (tertiary alicyclic amines) is 1. The molecule has 1 aromatic heterocycles. The van der Waals surface area contributed by atoms with E-state index in [1.165, 1.54) is 16.9 Å². The number of thiazole rings is 1. The van der Waals surface area contributed by atoms with Crippen molar-refractivity contribution in [2.75, 3.05) is 25.0 Å². The summed E-state index contributed by atoms with van der Waals surface area (Å²) in [6, 6.07) is 6.18. The molecule has 5 nitrogen and oxygen atoms in total. The second-order valence-corrected chi connectivity index (χ2v) is 6.80. The third-order valence-electron chi connectivity index (χ3n) is 4.14. The molecule has 1 saturated heterocycles. The van der Waals surface area contributed by atoms with E-state index in [4.69, 9.17) is 4.74 Å². The molecule has 0 spiro atoms. The number of urea groups is 1. The number of anilines is 1. The molecular formula is C17H23N3O2S. The molecule has 2 aromatic rings. The molecule has 0 bridgehead atoms. The monoisotopic (exact) mass is 333 g/mol. The van der Waals surface area contributed by atoms with Crippen molar-refractivity contribution in [2.45, 2.75) is 39.2 Å². The second-order valence-electron chi connectivity index (χ2n) is 5.77.